The lowest BCUT2D eigenvalue weighted by Gasteiger charge is -2.13. The number of aryl methyl sites for hydroxylation is 3. The van der Waals surface area contributed by atoms with Crippen molar-refractivity contribution in [3.8, 4) is 0 Å². The van der Waals surface area contributed by atoms with Crippen LogP contribution >= 0.6 is 0 Å². The van der Waals surface area contributed by atoms with Crippen molar-refractivity contribution in [1.29, 1.82) is 0 Å². The molecule has 6 heteroatoms. The minimum atomic E-state index is -1.22. The number of carbonyl (C=O) groups excluding carboxylic acids is 2. The molecule has 0 fully saturated rings. The van der Waals surface area contributed by atoms with Gasteiger partial charge in [-0.15, -0.1) is 0 Å². The van der Waals surface area contributed by atoms with Gasteiger partial charge >= 0.3 is 5.97 Å². The van der Waals surface area contributed by atoms with Crippen LogP contribution in [0.1, 0.15) is 27.0 Å². The number of ether oxygens (including phenoxy) is 1. The molecule has 0 saturated carbocycles. The van der Waals surface area contributed by atoms with E-state index in [2.05, 4.69) is 5.32 Å². The number of anilines is 1. The second kappa shape index (κ2) is 7.21. The molecule has 1 N–H and O–H groups in total. The summed E-state index contributed by atoms with van der Waals surface area (Å²) in [5.41, 5.74) is 2.61. The Morgan fingerprint density at radius 3 is 2.12 bits per heavy atom. The number of amides is 1. The van der Waals surface area contributed by atoms with Crippen LogP contribution in [-0.4, -0.2) is 18.5 Å². The average Bonchev–Trinajstić information content (AvgIpc) is 2.48. The molecule has 0 atom stereocenters. The third kappa shape index (κ3) is 3.95. The lowest BCUT2D eigenvalue weighted by molar-refractivity contribution is -0.119. The van der Waals surface area contributed by atoms with E-state index < -0.39 is 35.7 Å². The van der Waals surface area contributed by atoms with Crippen molar-refractivity contribution in [2.45, 2.75) is 20.8 Å². The lowest BCUT2D eigenvalue weighted by Crippen LogP contribution is -2.22. The van der Waals surface area contributed by atoms with Crippen molar-refractivity contribution in [3.05, 3.63) is 64.2 Å². The first-order chi connectivity index (χ1) is 11.3. The minimum absolute atomic E-state index is 0.588. The fourth-order valence-electron chi connectivity index (χ4n) is 2.45. The molecule has 0 saturated heterocycles. The van der Waals surface area contributed by atoms with Crippen LogP contribution in [0.2, 0.25) is 0 Å². The molecule has 0 aliphatic heterocycles. The smallest absolute Gasteiger partial charge is 0.344 e. The monoisotopic (exact) mass is 333 g/mol. The maximum absolute atomic E-state index is 13.5. The zero-order valence-corrected chi connectivity index (χ0v) is 13.6. The molecule has 0 radical (unpaired) electrons. The Labute approximate surface area is 138 Å². The molecule has 0 bridgehead atoms. The molecule has 0 aromatic heterocycles. The number of rotatable bonds is 4. The summed E-state index contributed by atoms with van der Waals surface area (Å²) in [6.07, 6.45) is 0. The van der Waals surface area contributed by atoms with Crippen LogP contribution in [0.25, 0.3) is 0 Å². The molecule has 0 aliphatic carbocycles. The van der Waals surface area contributed by atoms with Gasteiger partial charge in [-0.05, 0) is 44.0 Å². The van der Waals surface area contributed by atoms with Crippen LogP contribution < -0.4 is 5.32 Å². The fourth-order valence-corrected chi connectivity index (χ4v) is 2.45. The van der Waals surface area contributed by atoms with Gasteiger partial charge in [-0.3, -0.25) is 4.79 Å². The Morgan fingerprint density at radius 2 is 1.58 bits per heavy atom. The molecule has 2 aromatic rings. The molecular formula is C18H17F2NO3. The first kappa shape index (κ1) is 17.6. The van der Waals surface area contributed by atoms with Gasteiger partial charge in [0, 0.05) is 5.69 Å². The molecule has 4 nitrogen and oxygen atoms in total. The summed E-state index contributed by atoms with van der Waals surface area (Å²) in [6, 6.07) is 6.83. The highest BCUT2D eigenvalue weighted by atomic mass is 19.1. The van der Waals surface area contributed by atoms with E-state index >= 15 is 0 Å². The molecule has 0 spiro atoms. The van der Waals surface area contributed by atoms with Crippen LogP contribution in [0.5, 0.6) is 0 Å². The third-order valence-electron chi connectivity index (χ3n) is 3.44. The second-order valence-corrected chi connectivity index (χ2v) is 5.49. The number of hydrogen-bond donors (Lipinski definition) is 1. The Balaban J connectivity index is 2.03. The SMILES string of the molecule is Cc1cc(C)c(NC(=O)COC(=O)c2c(F)cccc2F)c(C)c1. The highest BCUT2D eigenvalue weighted by Gasteiger charge is 2.19. The van der Waals surface area contributed by atoms with Gasteiger partial charge in [-0.1, -0.05) is 23.8 Å². The molecule has 0 unspecified atom stereocenters. The van der Waals surface area contributed by atoms with E-state index in [1.54, 1.807) is 0 Å². The van der Waals surface area contributed by atoms with Gasteiger partial charge < -0.3 is 10.1 Å². The minimum Gasteiger partial charge on any atom is -0.452 e. The van der Waals surface area contributed by atoms with E-state index in [1.165, 1.54) is 0 Å². The Bertz CT molecular complexity index is 760. The van der Waals surface area contributed by atoms with E-state index in [0.29, 0.717) is 5.69 Å². The van der Waals surface area contributed by atoms with Crippen LogP contribution in [-0.2, 0) is 9.53 Å². The number of hydrogen-bond acceptors (Lipinski definition) is 3. The summed E-state index contributed by atoms with van der Waals surface area (Å²) in [4.78, 5) is 23.7. The van der Waals surface area contributed by atoms with Gasteiger partial charge in [-0.25, -0.2) is 13.6 Å². The summed E-state index contributed by atoms with van der Waals surface area (Å²) >= 11 is 0. The average molecular weight is 333 g/mol. The van der Waals surface area contributed by atoms with Crippen molar-refractivity contribution in [1.82, 2.24) is 0 Å². The number of esters is 1. The molecular weight excluding hydrogens is 316 g/mol. The predicted octanol–water partition coefficient (Wildman–Crippen LogP) is 3.69. The van der Waals surface area contributed by atoms with E-state index in [1.807, 2.05) is 32.9 Å². The normalized spacial score (nSPS) is 10.4. The predicted molar refractivity (Wildman–Crippen MR) is 85.9 cm³/mol. The lowest BCUT2D eigenvalue weighted by atomic mass is 10.1. The van der Waals surface area contributed by atoms with E-state index in [4.69, 9.17) is 4.74 Å². The summed E-state index contributed by atoms with van der Waals surface area (Å²) in [5, 5.41) is 2.64. The van der Waals surface area contributed by atoms with Gasteiger partial charge in [0.1, 0.15) is 17.2 Å². The van der Waals surface area contributed by atoms with Gasteiger partial charge in [0.25, 0.3) is 5.91 Å². The van der Waals surface area contributed by atoms with E-state index in [0.717, 1.165) is 34.9 Å². The van der Waals surface area contributed by atoms with E-state index in [-0.39, 0.29) is 0 Å². The molecule has 0 aliphatic rings. The van der Waals surface area contributed by atoms with Crippen LogP contribution in [0.15, 0.2) is 30.3 Å². The first-order valence-corrected chi connectivity index (χ1v) is 7.28. The van der Waals surface area contributed by atoms with Crippen molar-refractivity contribution in [3.63, 3.8) is 0 Å². The zero-order chi connectivity index (χ0) is 17.9. The van der Waals surface area contributed by atoms with Gasteiger partial charge in [0.15, 0.2) is 6.61 Å². The molecule has 2 rings (SSSR count). The molecule has 126 valence electrons. The zero-order valence-electron chi connectivity index (χ0n) is 13.6. The number of nitrogens with one attached hydrogen (secondary N) is 1. The largest absolute Gasteiger partial charge is 0.452 e. The number of benzene rings is 2. The maximum atomic E-state index is 13.5. The van der Waals surface area contributed by atoms with Crippen molar-refractivity contribution in [2.75, 3.05) is 11.9 Å². The summed E-state index contributed by atoms with van der Waals surface area (Å²) in [5.74, 6) is -3.88. The number of carbonyl (C=O) groups is 2. The van der Waals surface area contributed by atoms with Crippen molar-refractivity contribution < 1.29 is 23.1 Å². The topological polar surface area (TPSA) is 55.4 Å². The summed E-state index contributed by atoms with van der Waals surface area (Å²) in [6.45, 7) is 4.99. The Morgan fingerprint density at radius 1 is 1.04 bits per heavy atom. The van der Waals surface area contributed by atoms with E-state index in [9.17, 15) is 18.4 Å². The van der Waals surface area contributed by atoms with Crippen molar-refractivity contribution >= 4 is 17.6 Å². The molecule has 24 heavy (non-hydrogen) atoms. The summed E-state index contributed by atoms with van der Waals surface area (Å²) in [7, 11) is 0. The fraction of sp³-hybridized carbons (Fsp3) is 0.222. The van der Waals surface area contributed by atoms with Crippen molar-refractivity contribution in [2.24, 2.45) is 0 Å². The second-order valence-electron chi connectivity index (χ2n) is 5.49. The Kier molecular flexibility index (Phi) is 5.28. The molecule has 2 aromatic carbocycles. The molecule has 0 heterocycles. The van der Waals surface area contributed by atoms with Crippen LogP contribution in [0, 0.1) is 32.4 Å². The van der Waals surface area contributed by atoms with Gasteiger partial charge in [-0.2, -0.15) is 0 Å². The van der Waals surface area contributed by atoms with Gasteiger partial charge in [0.2, 0.25) is 0 Å². The number of halogens is 2. The first-order valence-electron chi connectivity index (χ1n) is 7.28. The van der Waals surface area contributed by atoms with Crippen LogP contribution in [0.4, 0.5) is 14.5 Å². The Hall–Kier alpha value is -2.76. The summed E-state index contributed by atoms with van der Waals surface area (Å²) < 4.78 is 31.6. The third-order valence-corrected chi connectivity index (χ3v) is 3.44. The highest BCUT2D eigenvalue weighted by molar-refractivity contribution is 5.96. The molecule has 1 amide bonds. The van der Waals surface area contributed by atoms with Gasteiger partial charge in [0.05, 0.1) is 0 Å². The quantitative estimate of drug-likeness (QED) is 0.868. The maximum Gasteiger partial charge on any atom is 0.344 e. The van der Waals surface area contributed by atoms with Crippen LogP contribution in [0.3, 0.4) is 0 Å². The highest BCUT2D eigenvalue weighted by Crippen LogP contribution is 2.21. The standard InChI is InChI=1S/C18H17F2NO3/c1-10-7-11(2)17(12(3)8-10)21-15(22)9-24-18(23)16-13(19)5-4-6-14(16)20/h4-8H,9H2,1-3H3,(H,21,22).